The van der Waals surface area contributed by atoms with Crippen molar-refractivity contribution in [2.45, 2.75) is 18.5 Å². The molecule has 0 radical (unpaired) electrons. The van der Waals surface area contributed by atoms with Gasteiger partial charge in [0.15, 0.2) is 10.9 Å². The van der Waals surface area contributed by atoms with Crippen molar-refractivity contribution in [2.75, 3.05) is 0 Å². The molecule has 0 aliphatic heterocycles. The third-order valence-electron chi connectivity index (χ3n) is 2.76. The molecule has 1 aromatic heterocycles. The van der Waals surface area contributed by atoms with Gasteiger partial charge in [-0.05, 0) is 35.7 Å². The molecule has 0 saturated heterocycles. The molecule has 0 spiro atoms. The summed E-state index contributed by atoms with van der Waals surface area (Å²) in [5, 5.41) is 10.5. The minimum absolute atomic E-state index is 0.171. The average Bonchev–Trinajstić information content (AvgIpc) is 2.80. The Hall–Kier alpha value is -1.95. The number of nitrogens with zero attached hydrogens (tertiary/aromatic N) is 3. The molecule has 0 unspecified atom stereocenters. The van der Waals surface area contributed by atoms with E-state index in [-0.39, 0.29) is 11.6 Å². The molecule has 0 aliphatic carbocycles. The van der Waals surface area contributed by atoms with Crippen molar-refractivity contribution in [3.05, 3.63) is 53.0 Å². The fourth-order valence-corrected chi connectivity index (χ4v) is 2.29. The number of rotatable bonds is 5. The second kappa shape index (κ2) is 6.47. The first-order valence-electron chi connectivity index (χ1n) is 6.13. The number of aryl methyl sites for hydroxylation is 1. The summed E-state index contributed by atoms with van der Waals surface area (Å²) in [7, 11) is 1.89. The molecule has 0 fully saturated rings. The Kier molecular flexibility index (Phi) is 4.68. The lowest BCUT2D eigenvalue weighted by Gasteiger charge is -1.98. The van der Waals surface area contributed by atoms with Crippen molar-refractivity contribution >= 4 is 17.5 Å². The highest BCUT2D eigenvalue weighted by atomic mass is 32.2. The molecule has 20 heavy (non-hydrogen) atoms. The molecular formula is C14H14FN3OS. The van der Waals surface area contributed by atoms with E-state index in [0.717, 1.165) is 17.4 Å². The number of carbonyl (C=O) groups excluding carboxylic acids is 1. The van der Waals surface area contributed by atoms with Crippen LogP contribution in [0.15, 0.2) is 40.9 Å². The van der Waals surface area contributed by atoms with Gasteiger partial charge in [0.1, 0.15) is 11.6 Å². The zero-order valence-corrected chi connectivity index (χ0v) is 12.0. The molecule has 1 heterocycles. The van der Waals surface area contributed by atoms with Gasteiger partial charge in [-0.2, -0.15) is 0 Å². The van der Waals surface area contributed by atoms with Gasteiger partial charge in [0.05, 0.1) is 0 Å². The third-order valence-corrected chi connectivity index (χ3v) is 3.60. The Balaban J connectivity index is 2.01. The summed E-state index contributed by atoms with van der Waals surface area (Å²) >= 11 is 1.32. The topological polar surface area (TPSA) is 47.8 Å². The Morgan fingerprint density at radius 3 is 2.65 bits per heavy atom. The van der Waals surface area contributed by atoms with Crippen LogP contribution in [0.1, 0.15) is 23.1 Å². The molecule has 0 atom stereocenters. The number of allylic oxidation sites excluding steroid dienone is 1. The second-order valence-corrected chi connectivity index (χ2v) is 4.98. The highest BCUT2D eigenvalue weighted by Gasteiger charge is 2.06. The smallest absolute Gasteiger partial charge is 0.195 e. The Labute approximate surface area is 120 Å². The standard InChI is InChI=1S/C14H14FN3OS/c1-3-13-16-17-14(18(13)2)20-9-8-12(19)10-4-6-11(15)7-5-10/h4-9H,3H2,1-2H3/b9-8+. The zero-order chi connectivity index (χ0) is 14.5. The predicted octanol–water partition coefficient (Wildman–Crippen LogP) is 3.01. The lowest BCUT2D eigenvalue weighted by Crippen LogP contribution is -1.96. The van der Waals surface area contributed by atoms with E-state index in [4.69, 9.17) is 0 Å². The fourth-order valence-electron chi connectivity index (χ4n) is 1.62. The van der Waals surface area contributed by atoms with Gasteiger partial charge in [-0.3, -0.25) is 4.79 Å². The normalized spacial score (nSPS) is 11.2. The maximum Gasteiger partial charge on any atom is 0.195 e. The van der Waals surface area contributed by atoms with E-state index < -0.39 is 0 Å². The van der Waals surface area contributed by atoms with E-state index in [9.17, 15) is 9.18 Å². The number of thioether (sulfide) groups is 1. The molecule has 6 heteroatoms. The number of hydrogen-bond acceptors (Lipinski definition) is 4. The Morgan fingerprint density at radius 2 is 2.05 bits per heavy atom. The van der Waals surface area contributed by atoms with E-state index >= 15 is 0 Å². The van der Waals surface area contributed by atoms with Crippen LogP contribution in [-0.4, -0.2) is 20.5 Å². The maximum absolute atomic E-state index is 12.8. The largest absolute Gasteiger partial charge is 0.309 e. The average molecular weight is 291 g/mol. The summed E-state index contributed by atoms with van der Waals surface area (Å²) in [6.07, 6.45) is 2.25. The maximum atomic E-state index is 12.8. The molecule has 4 nitrogen and oxygen atoms in total. The molecule has 2 rings (SSSR count). The van der Waals surface area contributed by atoms with Crippen molar-refractivity contribution < 1.29 is 9.18 Å². The molecular weight excluding hydrogens is 277 g/mol. The molecule has 0 amide bonds. The highest BCUT2D eigenvalue weighted by Crippen LogP contribution is 2.17. The number of benzene rings is 1. The van der Waals surface area contributed by atoms with Crippen molar-refractivity contribution in [3.8, 4) is 0 Å². The van der Waals surface area contributed by atoms with Crippen LogP contribution in [0.4, 0.5) is 4.39 Å². The fraction of sp³-hybridized carbons (Fsp3) is 0.214. The highest BCUT2D eigenvalue weighted by molar-refractivity contribution is 8.02. The minimum atomic E-state index is -0.355. The molecule has 1 aromatic carbocycles. The van der Waals surface area contributed by atoms with Crippen LogP contribution in [0.2, 0.25) is 0 Å². The van der Waals surface area contributed by atoms with Gasteiger partial charge in [0.2, 0.25) is 0 Å². The van der Waals surface area contributed by atoms with Gasteiger partial charge in [-0.15, -0.1) is 10.2 Å². The molecule has 0 aliphatic rings. The van der Waals surface area contributed by atoms with E-state index in [2.05, 4.69) is 10.2 Å². The number of aromatic nitrogens is 3. The van der Waals surface area contributed by atoms with Crippen molar-refractivity contribution in [1.29, 1.82) is 0 Å². The first kappa shape index (κ1) is 14.5. The van der Waals surface area contributed by atoms with Crippen LogP contribution in [-0.2, 0) is 13.5 Å². The van der Waals surface area contributed by atoms with Crippen molar-refractivity contribution in [1.82, 2.24) is 14.8 Å². The van der Waals surface area contributed by atoms with Crippen LogP contribution in [0.5, 0.6) is 0 Å². The number of hydrogen-bond donors (Lipinski definition) is 0. The summed E-state index contributed by atoms with van der Waals surface area (Å²) in [5.74, 6) is 0.368. The third kappa shape index (κ3) is 3.33. The van der Waals surface area contributed by atoms with Crippen LogP contribution in [0, 0.1) is 5.82 Å². The zero-order valence-electron chi connectivity index (χ0n) is 11.2. The Bertz CT molecular complexity index is 634. The van der Waals surface area contributed by atoms with E-state index in [1.54, 1.807) is 5.41 Å². The van der Waals surface area contributed by atoms with Gasteiger partial charge in [-0.25, -0.2) is 4.39 Å². The van der Waals surface area contributed by atoms with Gasteiger partial charge < -0.3 is 4.57 Å². The minimum Gasteiger partial charge on any atom is -0.309 e. The Morgan fingerprint density at radius 1 is 1.35 bits per heavy atom. The van der Waals surface area contributed by atoms with E-state index in [1.165, 1.54) is 42.1 Å². The SMILES string of the molecule is CCc1nnc(S/C=C/C(=O)c2ccc(F)cc2)n1C. The molecule has 0 saturated carbocycles. The monoisotopic (exact) mass is 291 g/mol. The van der Waals surface area contributed by atoms with Crippen LogP contribution < -0.4 is 0 Å². The number of halogens is 1. The molecule has 2 aromatic rings. The van der Waals surface area contributed by atoms with Gasteiger partial charge in [0, 0.05) is 19.0 Å². The van der Waals surface area contributed by atoms with E-state index in [0.29, 0.717) is 5.56 Å². The quantitative estimate of drug-likeness (QED) is 0.483. The number of ketones is 1. The van der Waals surface area contributed by atoms with Crippen molar-refractivity contribution in [2.24, 2.45) is 7.05 Å². The lowest BCUT2D eigenvalue weighted by molar-refractivity contribution is 0.104. The number of carbonyl (C=O) groups is 1. The summed E-state index contributed by atoms with van der Waals surface area (Å²) in [5.41, 5.74) is 0.454. The molecule has 0 N–H and O–H groups in total. The summed E-state index contributed by atoms with van der Waals surface area (Å²) < 4.78 is 14.6. The van der Waals surface area contributed by atoms with Gasteiger partial charge in [-0.1, -0.05) is 18.7 Å². The first-order valence-corrected chi connectivity index (χ1v) is 7.01. The molecule has 104 valence electrons. The van der Waals surface area contributed by atoms with Crippen molar-refractivity contribution in [3.63, 3.8) is 0 Å². The first-order chi connectivity index (χ1) is 9.61. The second-order valence-electron chi connectivity index (χ2n) is 4.10. The van der Waals surface area contributed by atoms with E-state index in [1.807, 2.05) is 18.5 Å². The lowest BCUT2D eigenvalue weighted by atomic mass is 10.1. The summed E-state index contributed by atoms with van der Waals surface area (Å²) in [4.78, 5) is 11.8. The summed E-state index contributed by atoms with van der Waals surface area (Å²) in [6, 6.07) is 5.46. The predicted molar refractivity (Wildman–Crippen MR) is 76.1 cm³/mol. The van der Waals surface area contributed by atoms with Gasteiger partial charge in [0.25, 0.3) is 0 Å². The van der Waals surface area contributed by atoms with Crippen LogP contribution >= 0.6 is 11.8 Å². The summed E-state index contributed by atoms with van der Waals surface area (Å²) in [6.45, 7) is 2.01. The molecule has 0 bridgehead atoms. The van der Waals surface area contributed by atoms with Crippen LogP contribution in [0.3, 0.4) is 0 Å². The van der Waals surface area contributed by atoms with Crippen LogP contribution in [0.25, 0.3) is 0 Å². The van der Waals surface area contributed by atoms with Gasteiger partial charge >= 0.3 is 0 Å².